The van der Waals surface area contributed by atoms with E-state index in [0.29, 0.717) is 5.92 Å². The van der Waals surface area contributed by atoms with Crippen molar-refractivity contribution in [2.75, 3.05) is 7.11 Å². The third kappa shape index (κ3) is 3.48. The van der Waals surface area contributed by atoms with Crippen LogP contribution in [0, 0.1) is 11.8 Å². The highest BCUT2D eigenvalue weighted by molar-refractivity contribution is 5.67. The molecular formula is C14H18O3. The predicted octanol–water partition coefficient (Wildman–Crippen LogP) is 2.74. The van der Waals surface area contributed by atoms with Crippen LogP contribution >= 0.6 is 0 Å². The summed E-state index contributed by atoms with van der Waals surface area (Å²) in [4.78, 5) is 10.8. The fraction of sp³-hybridized carbons (Fsp3) is 0.500. The molecule has 1 unspecified atom stereocenters. The molecule has 1 aromatic rings. The van der Waals surface area contributed by atoms with Gasteiger partial charge in [0.05, 0.1) is 7.11 Å². The normalized spacial score (nSPS) is 16.5. The van der Waals surface area contributed by atoms with Crippen LogP contribution in [0.15, 0.2) is 24.3 Å². The fourth-order valence-corrected chi connectivity index (χ4v) is 2.30. The lowest BCUT2D eigenvalue weighted by molar-refractivity contribution is -0.138. The van der Waals surface area contributed by atoms with Gasteiger partial charge in [-0.15, -0.1) is 0 Å². The molecule has 1 aliphatic carbocycles. The standard InChI is InChI=1S/C14H18O3/c1-17-13-4-2-3-10(8-13)7-12(9-14(15)16)11-5-6-11/h2-4,8,11-12H,5-7,9H2,1H3,(H,15,16). The number of methoxy groups -OCH3 is 1. The van der Waals surface area contributed by atoms with E-state index >= 15 is 0 Å². The van der Waals surface area contributed by atoms with Gasteiger partial charge < -0.3 is 9.84 Å². The van der Waals surface area contributed by atoms with Crippen molar-refractivity contribution in [2.45, 2.75) is 25.7 Å². The van der Waals surface area contributed by atoms with Crippen LogP contribution in [0.2, 0.25) is 0 Å². The number of aliphatic carboxylic acids is 1. The van der Waals surface area contributed by atoms with Gasteiger partial charge in [0.15, 0.2) is 0 Å². The quantitative estimate of drug-likeness (QED) is 0.823. The molecule has 2 rings (SSSR count). The first-order valence-corrected chi connectivity index (χ1v) is 6.03. The van der Waals surface area contributed by atoms with Crippen LogP contribution in [0.5, 0.6) is 5.75 Å². The second-order valence-electron chi connectivity index (χ2n) is 4.75. The molecular weight excluding hydrogens is 216 g/mol. The highest BCUT2D eigenvalue weighted by atomic mass is 16.5. The van der Waals surface area contributed by atoms with E-state index in [1.54, 1.807) is 7.11 Å². The molecule has 1 atom stereocenters. The molecule has 1 aliphatic rings. The van der Waals surface area contributed by atoms with E-state index in [9.17, 15) is 4.79 Å². The van der Waals surface area contributed by atoms with Crippen LogP contribution < -0.4 is 4.74 Å². The van der Waals surface area contributed by atoms with Gasteiger partial charge in [-0.2, -0.15) is 0 Å². The predicted molar refractivity (Wildman–Crippen MR) is 65.2 cm³/mol. The number of rotatable bonds is 6. The summed E-state index contributed by atoms with van der Waals surface area (Å²) >= 11 is 0. The van der Waals surface area contributed by atoms with Gasteiger partial charge in [0.2, 0.25) is 0 Å². The van der Waals surface area contributed by atoms with E-state index in [-0.39, 0.29) is 12.3 Å². The molecule has 92 valence electrons. The van der Waals surface area contributed by atoms with Gasteiger partial charge in [-0.1, -0.05) is 12.1 Å². The van der Waals surface area contributed by atoms with Gasteiger partial charge in [-0.25, -0.2) is 0 Å². The van der Waals surface area contributed by atoms with Crippen LogP contribution in [0.25, 0.3) is 0 Å². The summed E-state index contributed by atoms with van der Waals surface area (Å²) in [5, 5.41) is 8.91. The summed E-state index contributed by atoms with van der Waals surface area (Å²) in [5.74, 6) is 1.04. The number of hydrogen-bond donors (Lipinski definition) is 1. The van der Waals surface area contributed by atoms with Crippen molar-refractivity contribution in [3.8, 4) is 5.75 Å². The maximum atomic E-state index is 10.8. The Bertz CT molecular complexity index is 396. The summed E-state index contributed by atoms with van der Waals surface area (Å²) in [6.07, 6.45) is 3.49. The van der Waals surface area contributed by atoms with Crippen LogP contribution in [-0.4, -0.2) is 18.2 Å². The lowest BCUT2D eigenvalue weighted by Crippen LogP contribution is -2.12. The average Bonchev–Trinajstić information content (AvgIpc) is 3.12. The molecule has 0 aromatic heterocycles. The molecule has 0 bridgehead atoms. The number of carboxylic acid groups (broad SMARTS) is 1. The lowest BCUT2D eigenvalue weighted by atomic mass is 9.92. The Hall–Kier alpha value is -1.51. The number of ether oxygens (including phenoxy) is 1. The molecule has 0 amide bonds. The highest BCUT2D eigenvalue weighted by Crippen LogP contribution is 2.40. The van der Waals surface area contributed by atoms with E-state index in [2.05, 4.69) is 0 Å². The van der Waals surface area contributed by atoms with E-state index in [4.69, 9.17) is 9.84 Å². The maximum Gasteiger partial charge on any atom is 0.303 e. The Labute approximate surface area is 101 Å². The molecule has 3 nitrogen and oxygen atoms in total. The van der Waals surface area contributed by atoms with Crippen molar-refractivity contribution >= 4 is 5.97 Å². The minimum absolute atomic E-state index is 0.277. The minimum Gasteiger partial charge on any atom is -0.497 e. The Morgan fingerprint density at radius 1 is 1.53 bits per heavy atom. The largest absolute Gasteiger partial charge is 0.497 e. The van der Waals surface area contributed by atoms with Gasteiger partial charge in [-0.3, -0.25) is 4.79 Å². The minimum atomic E-state index is -0.690. The molecule has 3 heteroatoms. The molecule has 0 saturated heterocycles. The number of carboxylic acids is 1. The van der Waals surface area contributed by atoms with Crippen molar-refractivity contribution in [2.24, 2.45) is 11.8 Å². The Morgan fingerprint density at radius 2 is 2.29 bits per heavy atom. The monoisotopic (exact) mass is 234 g/mol. The zero-order valence-electron chi connectivity index (χ0n) is 10.1. The van der Waals surface area contributed by atoms with Gasteiger partial charge in [0.1, 0.15) is 5.75 Å². The second-order valence-corrected chi connectivity index (χ2v) is 4.75. The van der Waals surface area contributed by atoms with Crippen molar-refractivity contribution in [1.29, 1.82) is 0 Å². The molecule has 1 N–H and O–H groups in total. The smallest absolute Gasteiger partial charge is 0.303 e. The molecule has 1 saturated carbocycles. The zero-order chi connectivity index (χ0) is 12.3. The van der Waals surface area contributed by atoms with Crippen LogP contribution in [0.1, 0.15) is 24.8 Å². The van der Waals surface area contributed by atoms with Crippen molar-refractivity contribution in [1.82, 2.24) is 0 Å². The molecule has 0 radical (unpaired) electrons. The Morgan fingerprint density at radius 3 is 2.88 bits per heavy atom. The van der Waals surface area contributed by atoms with E-state index in [0.717, 1.165) is 12.2 Å². The van der Waals surface area contributed by atoms with Gasteiger partial charge in [-0.05, 0) is 48.8 Å². The zero-order valence-corrected chi connectivity index (χ0v) is 10.1. The summed E-state index contributed by atoms with van der Waals surface area (Å²) < 4.78 is 5.18. The van der Waals surface area contributed by atoms with E-state index in [1.165, 1.54) is 18.4 Å². The van der Waals surface area contributed by atoms with Gasteiger partial charge in [0.25, 0.3) is 0 Å². The van der Waals surface area contributed by atoms with Gasteiger partial charge >= 0.3 is 5.97 Å². The van der Waals surface area contributed by atoms with Gasteiger partial charge in [0, 0.05) is 6.42 Å². The third-order valence-electron chi connectivity index (χ3n) is 3.36. The first kappa shape index (κ1) is 12.0. The first-order valence-electron chi connectivity index (χ1n) is 6.03. The molecule has 1 fully saturated rings. The van der Waals surface area contributed by atoms with Crippen LogP contribution in [0.3, 0.4) is 0 Å². The SMILES string of the molecule is COc1cccc(CC(CC(=O)O)C2CC2)c1. The first-order chi connectivity index (χ1) is 8.19. The number of carbonyl (C=O) groups is 1. The van der Waals surface area contributed by atoms with Crippen molar-refractivity contribution in [3.63, 3.8) is 0 Å². The van der Waals surface area contributed by atoms with Crippen molar-refractivity contribution in [3.05, 3.63) is 29.8 Å². The van der Waals surface area contributed by atoms with Crippen LogP contribution in [0.4, 0.5) is 0 Å². The van der Waals surface area contributed by atoms with E-state index in [1.807, 2.05) is 24.3 Å². The third-order valence-corrected chi connectivity index (χ3v) is 3.36. The average molecular weight is 234 g/mol. The second kappa shape index (κ2) is 5.21. The van der Waals surface area contributed by atoms with Crippen LogP contribution in [-0.2, 0) is 11.2 Å². The lowest BCUT2D eigenvalue weighted by Gasteiger charge is -2.14. The van der Waals surface area contributed by atoms with E-state index < -0.39 is 5.97 Å². The Kier molecular flexibility index (Phi) is 3.67. The highest BCUT2D eigenvalue weighted by Gasteiger charge is 2.32. The summed E-state index contributed by atoms with van der Waals surface area (Å²) in [5.41, 5.74) is 1.17. The summed E-state index contributed by atoms with van der Waals surface area (Å²) in [7, 11) is 1.65. The summed E-state index contributed by atoms with van der Waals surface area (Å²) in [6, 6.07) is 7.91. The number of hydrogen-bond acceptors (Lipinski definition) is 2. The molecule has 0 heterocycles. The number of benzene rings is 1. The molecule has 0 aliphatic heterocycles. The molecule has 1 aromatic carbocycles. The topological polar surface area (TPSA) is 46.5 Å². The fourth-order valence-electron chi connectivity index (χ4n) is 2.30. The molecule has 17 heavy (non-hydrogen) atoms. The summed E-state index contributed by atoms with van der Waals surface area (Å²) in [6.45, 7) is 0. The maximum absolute atomic E-state index is 10.8. The molecule has 0 spiro atoms. The Balaban J connectivity index is 2.03. The van der Waals surface area contributed by atoms with Crippen molar-refractivity contribution < 1.29 is 14.6 Å².